The van der Waals surface area contributed by atoms with E-state index in [-0.39, 0.29) is 6.10 Å². The van der Waals surface area contributed by atoms with Crippen LogP contribution in [0.15, 0.2) is 24.3 Å². The van der Waals surface area contributed by atoms with Gasteiger partial charge in [0, 0.05) is 25.9 Å². The van der Waals surface area contributed by atoms with Crippen molar-refractivity contribution >= 4 is 5.91 Å². The first-order valence-electron chi connectivity index (χ1n) is 7.46. The second-order valence-corrected chi connectivity index (χ2v) is 5.50. The molecular formula is C16H20F3NO3. The second kappa shape index (κ2) is 7.68. The van der Waals surface area contributed by atoms with Gasteiger partial charge in [0.05, 0.1) is 26.2 Å². The lowest BCUT2D eigenvalue weighted by molar-refractivity contribution is -0.153. The van der Waals surface area contributed by atoms with E-state index in [1.54, 1.807) is 7.11 Å². The number of nitrogens with zero attached hydrogens (tertiary/aromatic N) is 1. The Labute approximate surface area is 133 Å². The molecule has 1 saturated heterocycles. The lowest BCUT2D eigenvalue weighted by Crippen LogP contribution is -2.46. The van der Waals surface area contributed by atoms with Crippen molar-refractivity contribution in [3.05, 3.63) is 29.8 Å². The lowest BCUT2D eigenvalue weighted by atomic mass is 10.1. The summed E-state index contributed by atoms with van der Waals surface area (Å²) in [5.74, 6) is 0.262. The van der Waals surface area contributed by atoms with E-state index in [4.69, 9.17) is 9.47 Å². The summed E-state index contributed by atoms with van der Waals surface area (Å²) in [6, 6.07) is 7.51. The van der Waals surface area contributed by atoms with Crippen molar-refractivity contribution in [3.8, 4) is 5.75 Å². The Morgan fingerprint density at radius 1 is 1.43 bits per heavy atom. The second-order valence-electron chi connectivity index (χ2n) is 5.50. The average Bonchev–Trinajstić information content (AvgIpc) is 2.52. The van der Waals surface area contributed by atoms with Crippen LogP contribution in [0.3, 0.4) is 0 Å². The van der Waals surface area contributed by atoms with E-state index in [9.17, 15) is 18.0 Å². The standard InChI is InChI=1S/C16H20F3NO3/c1-22-13-4-2-3-12(9-13)10-14-11-20(7-8-23-14)15(21)5-6-16(17,18)19/h2-4,9,14H,5-8,10-11H2,1H3/t14-/m0/s1. The highest BCUT2D eigenvalue weighted by Gasteiger charge is 2.31. The predicted molar refractivity (Wildman–Crippen MR) is 78.3 cm³/mol. The summed E-state index contributed by atoms with van der Waals surface area (Å²) in [5.41, 5.74) is 0.999. The third kappa shape index (κ3) is 5.74. The average molecular weight is 331 g/mol. The Kier molecular flexibility index (Phi) is 5.87. The summed E-state index contributed by atoms with van der Waals surface area (Å²) < 4.78 is 47.4. The number of methoxy groups -OCH3 is 1. The number of carbonyl (C=O) groups excluding carboxylic acids is 1. The molecule has 0 saturated carbocycles. The van der Waals surface area contributed by atoms with E-state index >= 15 is 0 Å². The van der Waals surface area contributed by atoms with Crippen LogP contribution in [-0.2, 0) is 16.0 Å². The number of rotatable bonds is 5. The van der Waals surface area contributed by atoms with Crippen LogP contribution in [0.4, 0.5) is 13.2 Å². The van der Waals surface area contributed by atoms with Crippen LogP contribution in [0.2, 0.25) is 0 Å². The van der Waals surface area contributed by atoms with E-state index in [1.165, 1.54) is 4.90 Å². The van der Waals surface area contributed by atoms with Crippen LogP contribution >= 0.6 is 0 Å². The zero-order chi connectivity index (χ0) is 16.9. The molecule has 2 rings (SSSR count). The van der Waals surface area contributed by atoms with Crippen molar-refractivity contribution in [2.24, 2.45) is 0 Å². The van der Waals surface area contributed by atoms with Crippen LogP contribution in [0.5, 0.6) is 5.75 Å². The molecule has 1 amide bonds. The van der Waals surface area contributed by atoms with E-state index in [1.807, 2.05) is 24.3 Å². The zero-order valence-corrected chi connectivity index (χ0v) is 12.9. The number of amides is 1. The molecular weight excluding hydrogens is 311 g/mol. The third-order valence-electron chi connectivity index (χ3n) is 3.71. The number of hydrogen-bond donors (Lipinski definition) is 0. The number of halogens is 3. The minimum atomic E-state index is -4.30. The van der Waals surface area contributed by atoms with Crippen LogP contribution < -0.4 is 4.74 Å². The molecule has 1 heterocycles. The molecule has 0 unspecified atom stereocenters. The normalized spacial score (nSPS) is 18.8. The van der Waals surface area contributed by atoms with Crippen molar-refractivity contribution in [1.82, 2.24) is 4.90 Å². The summed E-state index contributed by atoms with van der Waals surface area (Å²) in [5, 5.41) is 0. The van der Waals surface area contributed by atoms with Crippen molar-refractivity contribution < 1.29 is 27.4 Å². The van der Waals surface area contributed by atoms with Crippen LogP contribution in [0, 0.1) is 0 Å². The third-order valence-corrected chi connectivity index (χ3v) is 3.71. The topological polar surface area (TPSA) is 38.8 Å². The van der Waals surface area contributed by atoms with E-state index in [2.05, 4.69) is 0 Å². The van der Waals surface area contributed by atoms with Gasteiger partial charge in [-0.25, -0.2) is 0 Å². The fourth-order valence-corrected chi connectivity index (χ4v) is 2.54. The predicted octanol–water partition coefficient (Wildman–Crippen LogP) is 2.81. The first-order valence-corrected chi connectivity index (χ1v) is 7.46. The van der Waals surface area contributed by atoms with Crippen LogP contribution in [0.25, 0.3) is 0 Å². The maximum atomic E-state index is 12.2. The molecule has 1 aliphatic rings. The van der Waals surface area contributed by atoms with Gasteiger partial charge in [0.1, 0.15) is 5.75 Å². The molecule has 0 bridgehead atoms. The zero-order valence-electron chi connectivity index (χ0n) is 12.9. The monoisotopic (exact) mass is 331 g/mol. The number of benzene rings is 1. The molecule has 0 radical (unpaired) electrons. The minimum Gasteiger partial charge on any atom is -0.497 e. The van der Waals surface area contributed by atoms with Gasteiger partial charge in [-0.2, -0.15) is 13.2 Å². The summed E-state index contributed by atoms with van der Waals surface area (Å²) in [4.78, 5) is 13.4. The Balaban J connectivity index is 1.88. The molecule has 7 heteroatoms. The fourth-order valence-electron chi connectivity index (χ4n) is 2.54. The highest BCUT2D eigenvalue weighted by atomic mass is 19.4. The van der Waals surface area contributed by atoms with Crippen molar-refractivity contribution in [2.75, 3.05) is 26.8 Å². The van der Waals surface area contributed by atoms with Gasteiger partial charge in [-0.1, -0.05) is 12.1 Å². The van der Waals surface area contributed by atoms with Gasteiger partial charge in [0.25, 0.3) is 0 Å². The molecule has 1 atom stereocenters. The van der Waals surface area contributed by atoms with Crippen molar-refractivity contribution in [1.29, 1.82) is 0 Å². The van der Waals surface area contributed by atoms with Gasteiger partial charge in [0.2, 0.25) is 5.91 Å². The van der Waals surface area contributed by atoms with Crippen molar-refractivity contribution in [2.45, 2.75) is 31.5 Å². The molecule has 1 aromatic rings. The van der Waals surface area contributed by atoms with E-state index in [0.717, 1.165) is 11.3 Å². The molecule has 1 aliphatic heterocycles. The fraction of sp³-hybridized carbons (Fsp3) is 0.562. The maximum absolute atomic E-state index is 12.2. The number of ether oxygens (including phenoxy) is 2. The van der Waals surface area contributed by atoms with Gasteiger partial charge in [-0.3, -0.25) is 4.79 Å². The molecule has 4 nitrogen and oxygen atoms in total. The van der Waals surface area contributed by atoms with Gasteiger partial charge in [-0.15, -0.1) is 0 Å². The summed E-state index contributed by atoms with van der Waals surface area (Å²) in [6.07, 6.45) is -5.52. The molecule has 23 heavy (non-hydrogen) atoms. The molecule has 1 fully saturated rings. The molecule has 128 valence electrons. The van der Waals surface area contributed by atoms with E-state index < -0.39 is 24.9 Å². The summed E-state index contributed by atoms with van der Waals surface area (Å²) >= 11 is 0. The lowest BCUT2D eigenvalue weighted by Gasteiger charge is -2.33. The van der Waals surface area contributed by atoms with Gasteiger partial charge < -0.3 is 14.4 Å². The molecule has 0 spiro atoms. The van der Waals surface area contributed by atoms with Crippen LogP contribution in [-0.4, -0.2) is 49.9 Å². The van der Waals surface area contributed by atoms with E-state index in [0.29, 0.717) is 26.1 Å². The Morgan fingerprint density at radius 3 is 2.91 bits per heavy atom. The largest absolute Gasteiger partial charge is 0.497 e. The number of morpholine rings is 1. The Bertz CT molecular complexity index is 534. The van der Waals surface area contributed by atoms with Crippen LogP contribution in [0.1, 0.15) is 18.4 Å². The first-order chi connectivity index (χ1) is 10.9. The number of carbonyl (C=O) groups is 1. The highest BCUT2D eigenvalue weighted by Crippen LogP contribution is 2.23. The van der Waals surface area contributed by atoms with Crippen molar-refractivity contribution in [3.63, 3.8) is 0 Å². The quantitative estimate of drug-likeness (QED) is 0.833. The Morgan fingerprint density at radius 2 is 2.22 bits per heavy atom. The molecule has 0 aliphatic carbocycles. The highest BCUT2D eigenvalue weighted by molar-refractivity contribution is 5.76. The maximum Gasteiger partial charge on any atom is 0.389 e. The van der Waals surface area contributed by atoms with Gasteiger partial charge in [0.15, 0.2) is 0 Å². The molecule has 1 aromatic carbocycles. The smallest absolute Gasteiger partial charge is 0.389 e. The molecule has 0 aromatic heterocycles. The van der Waals surface area contributed by atoms with Gasteiger partial charge in [-0.05, 0) is 17.7 Å². The Hall–Kier alpha value is -1.76. The number of hydrogen-bond acceptors (Lipinski definition) is 3. The number of alkyl halides is 3. The van der Waals surface area contributed by atoms with Gasteiger partial charge >= 0.3 is 6.18 Å². The first kappa shape index (κ1) is 17.6. The molecule has 0 N–H and O–H groups in total. The minimum absolute atomic E-state index is 0.217. The summed E-state index contributed by atoms with van der Waals surface area (Å²) in [7, 11) is 1.58. The SMILES string of the molecule is COc1cccc(C[C@H]2CN(C(=O)CCC(F)(F)F)CCO2)c1. The summed E-state index contributed by atoms with van der Waals surface area (Å²) in [6.45, 7) is 0.992.